The number of halogens is 1. The molecule has 4 rings (SSSR count). The predicted molar refractivity (Wildman–Crippen MR) is 108 cm³/mol. The molecule has 28 heavy (non-hydrogen) atoms. The summed E-state index contributed by atoms with van der Waals surface area (Å²) in [6, 6.07) is 11.8. The fraction of sp³-hybridized carbons (Fsp3) is 0.227. The molecule has 1 heterocycles. The lowest BCUT2D eigenvalue weighted by molar-refractivity contribution is -0.122. The lowest BCUT2D eigenvalue weighted by atomic mass is 9.85. The molecule has 1 aliphatic carbocycles. The van der Waals surface area contributed by atoms with E-state index in [1.807, 2.05) is 25.1 Å². The molecule has 1 saturated heterocycles. The Morgan fingerprint density at radius 1 is 1.00 bits per heavy atom. The van der Waals surface area contributed by atoms with Crippen LogP contribution in [0.5, 0.6) is 0 Å². The van der Waals surface area contributed by atoms with Crippen molar-refractivity contribution in [2.24, 2.45) is 11.8 Å². The van der Waals surface area contributed by atoms with Crippen molar-refractivity contribution in [3.05, 3.63) is 70.8 Å². The second-order valence-corrected chi connectivity index (χ2v) is 7.56. The van der Waals surface area contributed by atoms with E-state index in [4.69, 9.17) is 11.6 Å². The number of amides is 3. The van der Waals surface area contributed by atoms with Gasteiger partial charge in [0.15, 0.2) is 0 Å². The molecule has 3 amide bonds. The second-order valence-electron chi connectivity index (χ2n) is 7.13. The van der Waals surface area contributed by atoms with Crippen LogP contribution in [0.1, 0.15) is 28.8 Å². The number of imide groups is 1. The summed E-state index contributed by atoms with van der Waals surface area (Å²) in [6.45, 7) is 1.88. The molecule has 142 valence electrons. The molecule has 2 atom stereocenters. The Bertz CT molecular complexity index is 971. The Labute approximate surface area is 168 Å². The molecule has 1 fully saturated rings. The summed E-state index contributed by atoms with van der Waals surface area (Å²) < 4.78 is 0. The Hall–Kier alpha value is -2.92. The van der Waals surface area contributed by atoms with Crippen LogP contribution in [0.25, 0.3) is 0 Å². The highest BCUT2D eigenvalue weighted by Crippen LogP contribution is 2.37. The molecule has 1 aliphatic heterocycles. The van der Waals surface area contributed by atoms with Crippen LogP contribution in [0.3, 0.4) is 0 Å². The van der Waals surface area contributed by atoms with E-state index >= 15 is 0 Å². The summed E-state index contributed by atoms with van der Waals surface area (Å²) in [5.74, 6) is -1.15. The fourth-order valence-corrected chi connectivity index (χ4v) is 3.91. The van der Waals surface area contributed by atoms with Crippen molar-refractivity contribution in [3.8, 4) is 0 Å². The van der Waals surface area contributed by atoms with Gasteiger partial charge in [-0.2, -0.15) is 0 Å². The van der Waals surface area contributed by atoms with Crippen LogP contribution in [0.15, 0.2) is 54.6 Å². The van der Waals surface area contributed by atoms with Gasteiger partial charge in [-0.3, -0.25) is 19.3 Å². The molecule has 2 aromatic carbocycles. The number of nitrogens with one attached hydrogen (secondary N) is 1. The highest BCUT2D eigenvalue weighted by molar-refractivity contribution is 6.31. The number of hydrogen-bond acceptors (Lipinski definition) is 3. The third-order valence-electron chi connectivity index (χ3n) is 5.34. The van der Waals surface area contributed by atoms with Crippen molar-refractivity contribution < 1.29 is 14.4 Å². The number of hydrogen-bond donors (Lipinski definition) is 1. The van der Waals surface area contributed by atoms with Crippen molar-refractivity contribution in [1.82, 2.24) is 0 Å². The van der Waals surface area contributed by atoms with E-state index in [1.54, 1.807) is 36.4 Å². The molecule has 5 nitrogen and oxygen atoms in total. The minimum Gasteiger partial charge on any atom is -0.322 e. The highest BCUT2D eigenvalue weighted by atomic mass is 35.5. The highest BCUT2D eigenvalue weighted by Gasteiger charge is 2.47. The van der Waals surface area contributed by atoms with Crippen LogP contribution in [0.4, 0.5) is 11.4 Å². The zero-order valence-corrected chi connectivity index (χ0v) is 16.1. The standard InChI is InChI=1S/C22H19ClN2O3/c1-13-6-9-15(23)12-19(13)24-20(26)14-7-10-16(11-8-14)25-21(27)17-4-2-3-5-18(17)22(25)28/h2-3,6-12,17-18H,4-5H2,1H3,(H,24,26)/t17-,18+. The fourth-order valence-electron chi connectivity index (χ4n) is 3.74. The molecule has 2 aliphatic rings. The zero-order valence-electron chi connectivity index (χ0n) is 15.3. The first-order valence-corrected chi connectivity index (χ1v) is 9.54. The molecule has 0 unspecified atom stereocenters. The van der Waals surface area contributed by atoms with E-state index < -0.39 is 0 Å². The lowest BCUT2D eigenvalue weighted by Crippen LogP contribution is -2.30. The van der Waals surface area contributed by atoms with Gasteiger partial charge in [-0.25, -0.2) is 0 Å². The molecule has 0 radical (unpaired) electrons. The van der Waals surface area contributed by atoms with Gasteiger partial charge in [0.1, 0.15) is 0 Å². The summed E-state index contributed by atoms with van der Waals surface area (Å²) in [4.78, 5) is 39.1. The molecule has 0 aromatic heterocycles. The van der Waals surface area contributed by atoms with E-state index in [1.165, 1.54) is 4.90 Å². The van der Waals surface area contributed by atoms with Crippen LogP contribution in [0.2, 0.25) is 5.02 Å². The number of fused-ring (bicyclic) bond motifs is 1. The first kappa shape index (κ1) is 18.4. The van der Waals surface area contributed by atoms with Gasteiger partial charge >= 0.3 is 0 Å². The maximum Gasteiger partial charge on any atom is 0.255 e. The van der Waals surface area contributed by atoms with Crippen LogP contribution in [0, 0.1) is 18.8 Å². The van der Waals surface area contributed by atoms with Gasteiger partial charge < -0.3 is 5.32 Å². The van der Waals surface area contributed by atoms with Crippen LogP contribution >= 0.6 is 11.6 Å². The molecular weight excluding hydrogens is 376 g/mol. The molecule has 0 spiro atoms. The Morgan fingerprint density at radius 3 is 2.21 bits per heavy atom. The average Bonchev–Trinajstić information content (AvgIpc) is 2.96. The summed E-state index contributed by atoms with van der Waals surface area (Å²) in [7, 11) is 0. The Morgan fingerprint density at radius 2 is 1.61 bits per heavy atom. The van der Waals surface area contributed by atoms with Crippen molar-refractivity contribution in [3.63, 3.8) is 0 Å². The van der Waals surface area contributed by atoms with Gasteiger partial charge in [0, 0.05) is 16.3 Å². The Kier molecular flexibility index (Phi) is 4.77. The maximum atomic E-state index is 12.7. The third kappa shape index (κ3) is 3.22. The number of carbonyl (C=O) groups excluding carboxylic acids is 3. The van der Waals surface area contributed by atoms with E-state index in [2.05, 4.69) is 5.32 Å². The molecule has 0 saturated carbocycles. The quantitative estimate of drug-likeness (QED) is 0.621. The molecule has 6 heteroatoms. The monoisotopic (exact) mass is 394 g/mol. The van der Waals surface area contributed by atoms with Crippen LogP contribution in [-0.2, 0) is 9.59 Å². The average molecular weight is 395 g/mol. The normalized spacial score (nSPS) is 21.0. The van der Waals surface area contributed by atoms with Gasteiger partial charge in [-0.15, -0.1) is 0 Å². The van der Waals surface area contributed by atoms with Gasteiger partial charge in [0.2, 0.25) is 11.8 Å². The maximum absolute atomic E-state index is 12.7. The van der Waals surface area contributed by atoms with Crippen molar-refractivity contribution >= 4 is 40.7 Å². The second kappa shape index (κ2) is 7.24. The van der Waals surface area contributed by atoms with E-state index in [0.717, 1.165) is 5.56 Å². The number of rotatable bonds is 3. The number of anilines is 2. The van der Waals surface area contributed by atoms with Gasteiger partial charge in [0.25, 0.3) is 5.91 Å². The first-order chi connectivity index (χ1) is 13.5. The number of carbonyl (C=O) groups is 3. The van der Waals surface area contributed by atoms with Crippen LogP contribution in [-0.4, -0.2) is 17.7 Å². The van der Waals surface area contributed by atoms with Crippen LogP contribution < -0.4 is 10.2 Å². The minimum atomic E-state index is -0.283. The Balaban J connectivity index is 1.52. The van der Waals surface area contributed by atoms with Crippen molar-refractivity contribution in [1.29, 1.82) is 0 Å². The number of allylic oxidation sites excluding steroid dienone is 2. The molecule has 0 bridgehead atoms. The SMILES string of the molecule is Cc1ccc(Cl)cc1NC(=O)c1ccc(N2C(=O)[C@H]3CC=CC[C@H]3C2=O)cc1. The minimum absolute atomic E-state index is 0.161. The van der Waals surface area contributed by atoms with Gasteiger partial charge in [0.05, 0.1) is 17.5 Å². The number of nitrogens with zero attached hydrogens (tertiary/aromatic N) is 1. The molecule has 2 aromatic rings. The molecule has 1 N–H and O–H groups in total. The number of aryl methyl sites for hydroxylation is 1. The number of benzene rings is 2. The summed E-state index contributed by atoms with van der Waals surface area (Å²) in [5.41, 5.74) is 2.48. The van der Waals surface area contributed by atoms with E-state index in [-0.39, 0.29) is 29.6 Å². The summed E-state index contributed by atoms with van der Waals surface area (Å²) >= 11 is 5.99. The topological polar surface area (TPSA) is 66.5 Å². The smallest absolute Gasteiger partial charge is 0.255 e. The summed E-state index contributed by atoms with van der Waals surface area (Å²) in [6.07, 6.45) is 5.12. The summed E-state index contributed by atoms with van der Waals surface area (Å²) in [5, 5.41) is 3.38. The predicted octanol–water partition coefficient (Wildman–Crippen LogP) is 4.36. The van der Waals surface area contributed by atoms with E-state index in [0.29, 0.717) is 34.8 Å². The van der Waals surface area contributed by atoms with E-state index in [9.17, 15) is 14.4 Å². The van der Waals surface area contributed by atoms with Gasteiger partial charge in [-0.1, -0.05) is 29.8 Å². The largest absolute Gasteiger partial charge is 0.322 e. The zero-order chi connectivity index (χ0) is 19.8. The first-order valence-electron chi connectivity index (χ1n) is 9.16. The molecular formula is C22H19ClN2O3. The van der Waals surface area contributed by atoms with Gasteiger partial charge in [-0.05, 0) is 61.7 Å². The van der Waals surface area contributed by atoms with Crippen molar-refractivity contribution in [2.75, 3.05) is 10.2 Å². The lowest BCUT2D eigenvalue weighted by Gasteiger charge is -2.15. The third-order valence-corrected chi connectivity index (χ3v) is 5.58. The van der Waals surface area contributed by atoms with Crippen molar-refractivity contribution in [2.45, 2.75) is 19.8 Å².